The van der Waals surface area contributed by atoms with Crippen molar-refractivity contribution in [2.24, 2.45) is 0 Å². The summed E-state index contributed by atoms with van der Waals surface area (Å²) in [6.45, 7) is 3.81. The van der Waals surface area contributed by atoms with Crippen LogP contribution < -0.4 is 5.32 Å². The number of anilines is 1. The molecule has 0 spiro atoms. The summed E-state index contributed by atoms with van der Waals surface area (Å²) in [6.07, 6.45) is 0.841. The van der Waals surface area contributed by atoms with Crippen LogP contribution in [0.25, 0.3) is 0 Å². The molecule has 2 amide bonds. The Morgan fingerprint density at radius 3 is 2.70 bits per heavy atom. The van der Waals surface area contributed by atoms with Gasteiger partial charge in [0.05, 0.1) is 11.7 Å². The van der Waals surface area contributed by atoms with Crippen LogP contribution in [0.2, 0.25) is 0 Å². The maximum absolute atomic E-state index is 12.1. The van der Waals surface area contributed by atoms with Gasteiger partial charge in [0.1, 0.15) is 0 Å². The molecule has 6 heteroatoms. The summed E-state index contributed by atoms with van der Waals surface area (Å²) in [5, 5.41) is 11.6. The Labute approximate surface area is 117 Å². The molecule has 0 radical (unpaired) electrons. The van der Waals surface area contributed by atoms with Crippen LogP contribution in [-0.4, -0.2) is 47.8 Å². The first kappa shape index (κ1) is 14.3. The van der Waals surface area contributed by atoms with Crippen molar-refractivity contribution >= 4 is 17.7 Å². The van der Waals surface area contributed by atoms with Crippen LogP contribution in [0.1, 0.15) is 23.7 Å². The van der Waals surface area contributed by atoms with Crippen LogP contribution in [0, 0.1) is 0 Å². The Kier molecular flexibility index (Phi) is 4.57. The summed E-state index contributed by atoms with van der Waals surface area (Å²) >= 11 is 0. The van der Waals surface area contributed by atoms with Gasteiger partial charge in [-0.15, -0.1) is 0 Å². The van der Waals surface area contributed by atoms with E-state index in [2.05, 4.69) is 5.32 Å². The first-order valence-electron chi connectivity index (χ1n) is 6.57. The topological polar surface area (TPSA) is 78.9 Å². The number of carboxylic acid groups (broad SMARTS) is 1. The SMILES string of the molecule is CC1CN(C(=O)Nc2ccc(C(=O)O)cc2)CCCO1. The lowest BCUT2D eigenvalue weighted by molar-refractivity contribution is 0.0696. The normalized spacial score (nSPS) is 19.2. The highest BCUT2D eigenvalue weighted by Crippen LogP contribution is 2.12. The van der Waals surface area contributed by atoms with Crippen LogP contribution in [0.15, 0.2) is 24.3 Å². The van der Waals surface area contributed by atoms with Gasteiger partial charge in [0.2, 0.25) is 0 Å². The number of hydrogen-bond acceptors (Lipinski definition) is 3. The number of urea groups is 1. The van der Waals surface area contributed by atoms with E-state index in [0.717, 1.165) is 6.42 Å². The molecule has 2 rings (SSSR count). The van der Waals surface area contributed by atoms with Gasteiger partial charge in [-0.2, -0.15) is 0 Å². The van der Waals surface area contributed by atoms with E-state index in [-0.39, 0.29) is 17.7 Å². The van der Waals surface area contributed by atoms with Gasteiger partial charge in [0.25, 0.3) is 0 Å². The molecular formula is C14H18N2O4. The minimum atomic E-state index is -0.985. The first-order chi connectivity index (χ1) is 9.56. The third-order valence-electron chi connectivity index (χ3n) is 3.12. The summed E-state index contributed by atoms with van der Waals surface area (Å²) in [7, 11) is 0. The number of amides is 2. The third kappa shape index (κ3) is 3.71. The Hall–Kier alpha value is -2.08. The summed E-state index contributed by atoms with van der Waals surface area (Å²) in [5.41, 5.74) is 0.776. The molecule has 108 valence electrons. The van der Waals surface area contributed by atoms with Gasteiger partial charge in [0.15, 0.2) is 0 Å². The second kappa shape index (κ2) is 6.38. The highest BCUT2D eigenvalue weighted by atomic mass is 16.5. The van der Waals surface area contributed by atoms with E-state index < -0.39 is 5.97 Å². The zero-order valence-corrected chi connectivity index (χ0v) is 11.3. The van der Waals surface area contributed by atoms with Gasteiger partial charge in [0, 0.05) is 25.4 Å². The molecule has 1 fully saturated rings. The molecule has 1 aromatic carbocycles. The van der Waals surface area contributed by atoms with Gasteiger partial charge >= 0.3 is 12.0 Å². The number of benzene rings is 1. The Balaban J connectivity index is 1.97. The quantitative estimate of drug-likeness (QED) is 0.867. The molecule has 20 heavy (non-hydrogen) atoms. The van der Waals surface area contributed by atoms with Crippen LogP contribution >= 0.6 is 0 Å². The summed E-state index contributed by atoms with van der Waals surface area (Å²) in [4.78, 5) is 24.6. The summed E-state index contributed by atoms with van der Waals surface area (Å²) in [5.74, 6) is -0.985. The molecule has 1 aliphatic rings. The molecule has 1 atom stereocenters. The maximum Gasteiger partial charge on any atom is 0.335 e. The molecule has 6 nitrogen and oxygen atoms in total. The number of carbonyl (C=O) groups is 2. The second-order valence-electron chi connectivity index (χ2n) is 4.79. The molecule has 2 N–H and O–H groups in total. The Morgan fingerprint density at radius 2 is 2.05 bits per heavy atom. The van der Waals surface area contributed by atoms with Gasteiger partial charge in [-0.3, -0.25) is 0 Å². The first-order valence-corrected chi connectivity index (χ1v) is 6.57. The molecule has 1 heterocycles. The number of carbonyl (C=O) groups excluding carboxylic acids is 1. The fourth-order valence-corrected chi connectivity index (χ4v) is 2.08. The van der Waals surface area contributed by atoms with Crippen molar-refractivity contribution in [3.63, 3.8) is 0 Å². The second-order valence-corrected chi connectivity index (χ2v) is 4.79. The highest BCUT2D eigenvalue weighted by Gasteiger charge is 2.19. The summed E-state index contributed by atoms with van der Waals surface area (Å²) in [6, 6.07) is 5.90. The number of carboxylic acids is 1. The molecule has 1 aromatic rings. The van der Waals surface area contributed by atoms with Crippen LogP contribution in [0.5, 0.6) is 0 Å². The number of nitrogens with one attached hydrogen (secondary N) is 1. The largest absolute Gasteiger partial charge is 0.478 e. The minimum Gasteiger partial charge on any atom is -0.478 e. The molecule has 1 saturated heterocycles. The Bertz CT molecular complexity index is 486. The zero-order chi connectivity index (χ0) is 14.5. The average Bonchev–Trinajstić information content (AvgIpc) is 2.64. The van der Waals surface area contributed by atoms with Crippen LogP contribution in [0.3, 0.4) is 0 Å². The van der Waals surface area contributed by atoms with Crippen molar-refractivity contribution in [3.8, 4) is 0 Å². The van der Waals surface area contributed by atoms with Gasteiger partial charge in [-0.05, 0) is 37.6 Å². The Morgan fingerprint density at radius 1 is 1.35 bits per heavy atom. The zero-order valence-electron chi connectivity index (χ0n) is 11.3. The average molecular weight is 278 g/mol. The van der Waals surface area contributed by atoms with Crippen molar-refractivity contribution in [2.45, 2.75) is 19.4 Å². The number of ether oxygens (including phenoxy) is 1. The van der Waals surface area contributed by atoms with E-state index in [0.29, 0.717) is 25.4 Å². The predicted molar refractivity (Wildman–Crippen MR) is 74.0 cm³/mol. The number of hydrogen-bond donors (Lipinski definition) is 2. The molecule has 0 aromatic heterocycles. The smallest absolute Gasteiger partial charge is 0.335 e. The lowest BCUT2D eigenvalue weighted by atomic mass is 10.2. The van der Waals surface area contributed by atoms with E-state index >= 15 is 0 Å². The van der Waals surface area contributed by atoms with E-state index in [1.807, 2.05) is 6.92 Å². The maximum atomic E-state index is 12.1. The van der Waals surface area contributed by atoms with E-state index in [4.69, 9.17) is 9.84 Å². The van der Waals surface area contributed by atoms with Crippen molar-refractivity contribution in [1.29, 1.82) is 0 Å². The molecule has 0 saturated carbocycles. The number of rotatable bonds is 2. The van der Waals surface area contributed by atoms with Crippen LogP contribution in [0.4, 0.5) is 10.5 Å². The van der Waals surface area contributed by atoms with Crippen molar-refractivity contribution < 1.29 is 19.4 Å². The molecular weight excluding hydrogens is 260 g/mol. The third-order valence-corrected chi connectivity index (χ3v) is 3.12. The van der Waals surface area contributed by atoms with E-state index in [9.17, 15) is 9.59 Å². The van der Waals surface area contributed by atoms with Crippen molar-refractivity contribution in [2.75, 3.05) is 25.0 Å². The lowest BCUT2D eigenvalue weighted by Crippen LogP contribution is -2.38. The van der Waals surface area contributed by atoms with Gasteiger partial charge in [-0.25, -0.2) is 9.59 Å². The van der Waals surface area contributed by atoms with Crippen LogP contribution in [-0.2, 0) is 4.74 Å². The van der Waals surface area contributed by atoms with Gasteiger partial charge in [-0.1, -0.05) is 0 Å². The standard InChI is InChI=1S/C14H18N2O4/c1-10-9-16(7-2-8-20-10)14(19)15-12-5-3-11(4-6-12)13(17)18/h3-6,10H,2,7-9H2,1H3,(H,15,19)(H,17,18). The molecule has 1 unspecified atom stereocenters. The highest BCUT2D eigenvalue weighted by molar-refractivity contribution is 5.91. The fraction of sp³-hybridized carbons (Fsp3) is 0.429. The van der Waals surface area contributed by atoms with Crippen molar-refractivity contribution in [1.82, 2.24) is 4.90 Å². The van der Waals surface area contributed by atoms with E-state index in [1.54, 1.807) is 17.0 Å². The molecule has 1 aliphatic heterocycles. The minimum absolute atomic E-state index is 0.0256. The predicted octanol–water partition coefficient (Wildman–Crippen LogP) is 2.03. The molecule has 0 aliphatic carbocycles. The number of nitrogens with zero attached hydrogens (tertiary/aromatic N) is 1. The summed E-state index contributed by atoms with van der Waals surface area (Å²) < 4.78 is 5.49. The van der Waals surface area contributed by atoms with Gasteiger partial charge < -0.3 is 20.1 Å². The van der Waals surface area contributed by atoms with Crippen molar-refractivity contribution in [3.05, 3.63) is 29.8 Å². The lowest BCUT2D eigenvalue weighted by Gasteiger charge is -2.22. The monoisotopic (exact) mass is 278 g/mol. The number of aromatic carboxylic acids is 1. The van der Waals surface area contributed by atoms with E-state index in [1.165, 1.54) is 12.1 Å². The molecule has 0 bridgehead atoms. The fourth-order valence-electron chi connectivity index (χ4n) is 2.08.